The highest BCUT2D eigenvalue weighted by Crippen LogP contribution is 2.08. The van der Waals surface area contributed by atoms with E-state index >= 15 is 0 Å². The summed E-state index contributed by atoms with van der Waals surface area (Å²) in [6.07, 6.45) is 0.340. The Morgan fingerprint density at radius 3 is 2.79 bits per heavy atom. The highest BCUT2D eigenvalue weighted by molar-refractivity contribution is 5.97. The summed E-state index contributed by atoms with van der Waals surface area (Å²) in [5, 5.41) is 3.27. The molecule has 0 aromatic heterocycles. The van der Waals surface area contributed by atoms with Gasteiger partial charge in [-0.15, -0.1) is 0 Å². The van der Waals surface area contributed by atoms with Crippen LogP contribution in [0.15, 0.2) is 0 Å². The number of Topliss-reactive ketones (excluding diaryl/α,β-unsaturated/α-hetero) is 1. The van der Waals surface area contributed by atoms with Gasteiger partial charge in [0.15, 0.2) is 0 Å². The van der Waals surface area contributed by atoms with Crippen LogP contribution in [0.5, 0.6) is 0 Å². The summed E-state index contributed by atoms with van der Waals surface area (Å²) in [5.74, 6) is -0.775. The predicted octanol–water partition coefficient (Wildman–Crippen LogP) is 1.08. The molecule has 1 heterocycles. The Kier molecular flexibility index (Phi) is 6.94. The highest BCUT2D eigenvalue weighted by Gasteiger charge is 2.20. The van der Waals surface area contributed by atoms with Crippen LogP contribution in [0.3, 0.4) is 0 Å². The van der Waals surface area contributed by atoms with Crippen molar-refractivity contribution in [3.05, 3.63) is 0 Å². The van der Waals surface area contributed by atoms with Crippen LogP contribution in [0.1, 0.15) is 33.1 Å². The number of ether oxygens (including phenoxy) is 1. The van der Waals surface area contributed by atoms with Crippen molar-refractivity contribution in [2.75, 3.05) is 26.2 Å². The fourth-order valence-corrected chi connectivity index (χ4v) is 1.97. The van der Waals surface area contributed by atoms with Gasteiger partial charge in [-0.25, -0.2) is 0 Å². The topological polar surface area (TPSA) is 58.6 Å². The van der Waals surface area contributed by atoms with Gasteiger partial charge in [0.05, 0.1) is 25.7 Å². The Morgan fingerprint density at radius 2 is 2.21 bits per heavy atom. The number of morpholine rings is 1. The molecule has 1 aliphatic heterocycles. The summed E-state index contributed by atoms with van der Waals surface area (Å²) >= 11 is 0. The van der Waals surface area contributed by atoms with Gasteiger partial charge in [-0.2, -0.15) is 5.12 Å². The number of nitrogens with one attached hydrogen (secondary N) is 1. The summed E-state index contributed by atoms with van der Waals surface area (Å²) in [7, 11) is 0. The molecule has 19 heavy (non-hydrogen) atoms. The minimum Gasteiger partial charge on any atom is -0.376 e. The smallest absolute Gasteiger partial charge is 0.257 e. The zero-order valence-electron chi connectivity index (χ0n) is 11.7. The fraction of sp³-hybridized carbons (Fsp3) is 0.846. The van der Waals surface area contributed by atoms with Crippen molar-refractivity contribution in [3.63, 3.8) is 0 Å². The lowest BCUT2D eigenvalue weighted by Gasteiger charge is -2.24. The maximum absolute atomic E-state index is 13.5. The average molecular weight is 274 g/mol. The van der Waals surface area contributed by atoms with Gasteiger partial charge >= 0.3 is 0 Å². The Hall–Kier alpha value is -1.01. The molecule has 110 valence electrons. The molecule has 5 nitrogen and oxygen atoms in total. The van der Waals surface area contributed by atoms with E-state index in [1.165, 1.54) is 0 Å². The van der Waals surface area contributed by atoms with Crippen molar-refractivity contribution in [2.45, 2.75) is 39.2 Å². The van der Waals surface area contributed by atoms with Gasteiger partial charge < -0.3 is 10.1 Å². The van der Waals surface area contributed by atoms with Crippen LogP contribution in [0.4, 0.5) is 4.48 Å². The van der Waals surface area contributed by atoms with E-state index in [0.29, 0.717) is 26.0 Å². The largest absolute Gasteiger partial charge is 0.376 e. The van der Waals surface area contributed by atoms with E-state index < -0.39 is 5.91 Å². The Balaban J connectivity index is 2.22. The second kappa shape index (κ2) is 8.22. The molecule has 6 heteroatoms. The molecule has 1 aliphatic rings. The van der Waals surface area contributed by atoms with Crippen LogP contribution >= 0.6 is 0 Å². The SMILES string of the molecule is CC(C)CC(=O)CC(=O)N(F)CCC1CNCCO1. The monoisotopic (exact) mass is 274 g/mol. The van der Waals surface area contributed by atoms with E-state index in [1.54, 1.807) is 0 Å². The van der Waals surface area contributed by atoms with Crippen LogP contribution in [-0.2, 0) is 14.3 Å². The van der Waals surface area contributed by atoms with Crippen LogP contribution in [-0.4, -0.2) is 49.2 Å². The molecule has 1 amide bonds. The lowest BCUT2D eigenvalue weighted by Crippen LogP contribution is -2.40. The van der Waals surface area contributed by atoms with Gasteiger partial charge in [-0.1, -0.05) is 18.3 Å². The number of amides is 1. The second-order valence-corrected chi connectivity index (χ2v) is 5.28. The van der Waals surface area contributed by atoms with Crippen LogP contribution in [0, 0.1) is 5.92 Å². The van der Waals surface area contributed by atoms with Crippen molar-refractivity contribution in [1.82, 2.24) is 10.4 Å². The minimum absolute atomic E-state index is 0.0276. The number of nitrogens with zero attached hydrogens (tertiary/aromatic N) is 1. The van der Waals surface area contributed by atoms with E-state index in [2.05, 4.69) is 5.32 Å². The van der Waals surface area contributed by atoms with Crippen molar-refractivity contribution in [2.24, 2.45) is 5.92 Å². The maximum atomic E-state index is 13.5. The predicted molar refractivity (Wildman–Crippen MR) is 69.1 cm³/mol. The molecule has 1 unspecified atom stereocenters. The molecule has 0 spiro atoms. The molecule has 1 atom stereocenters. The van der Waals surface area contributed by atoms with Gasteiger partial charge in [0, 0.05) is 19.5 Å². The summed E-state index contributed by atoms with van der Waals surface area (Å²) in [6, 6.07) is 0. The van der Waals surface area contributed by atoms with Crippen molar-refractivity contribution >= 4 is 11.7 Å². The van der Waals surface area contributed by atoms with Gasteiger partial charge in [-0.05, 0) is 12.3 Å². The van der Waals surface area contributed by atoms with E-state index in [1.807, 2.05) is 13.8 Å². The molecule has 1 fully saturated rings. The third-order valence-electron chi connectivity index (χ3n) is 2.91. The number of hydrogen-bond donors (Lipinski definition) is 1. The number of carbonyl (C=O) groups excluding carboxylic acids is 2. The third kappa shape index (κ3) is 6.63. The molecule has 0 aliphatic carbocycles. The van der Waals surface area contributed by atoms with E-state index in [4.69, 9.17) is 4.74 Å². The number of hydrogen-bond acceptors (Lipinski definition) is 4. The zero-order chi connectivity index (χ0) is 14.3. The molecular weight excluding hydrogens is 251 g/mol. The molecular formula is C13H23FN2O3. The minimum atomic E-state index is -0.755. The summed E-state index contributed by atoms with van der Waals surface area (Å²) < 4.78 is 18.9. The molecule has 0 saturated carbocycles. The van der Waals surface area contributed by atoms with Gasteiger partial charge in [0.25, 0.3) is 5.91 Å². The van der Waals surface area contributed by atoms with E-state index in [0.717, 1.165) is 6.54 Å². The highest BCUT2D eigenvalue weighted by atomic mass is 19.2. The molecule has 1 saturated heterocycles. The van der Waals surface area contributed by atoms with Crippen LogP contribution in [0.25, 0.3) is 0 Å². The summed E-state index contributed by atoms with van der Waals surface area (Å²) in [5.41, 5.74) is 0. The van der Waals surface area contributed by atoms with Crippen LogP contribution in [0.2, 0.25) is 0 Å². The lowest BCUT2D eigenvalue weighted by atomic mass is 10.1. The van der Waals surface area contributed by atoms with Crippen molar-refractivity contribution in [1.29, 1.82) is 0 Å². The standard InChI is InChI=1S/C13H23FN2O3/c1-10(2)7-11(17)8-13(18)16(14)5-3-12-9-15-4-6-19-12/h10,12,15H,3-9H2,1-2H3. The van der Waals surface area contributed by atoms with Gasteiger partial charge in [0.1, 0.15) is 5.78 Å². The fourth-order valence-electron chi connectivity index (χ4n) is 1.97. The molecule has 1 rings (SSSR count). The zero-order valence-corrected chi connectivity index (χ0v) is 11.7. The Morgan fingerprint density at radius 1 is 1.47 bits per heavy atom. The number of ketones is 1. The van der Waals surface area contributed by atoms with Gasteiger partial charge in [-0.3, -0.25) is 9.59 Å². The van der Waals surface area contributed by atoms with Crippen LogP contribution < -0.4 is 5.32 Å². The lowest BCUT2D eigenvalue weighted by molar-refractivity contribution is -0.149. The number of halogens is 1. The van der Waals surface area contributed by atoms with Crippen molar-refractivity contribution in [3.8, 4) is 0 Å². The number of carbonyl (C=O) groups is 2. The first kappa shape index (κ1) is 16.0. The molecule has 0 radical (unpaired) electrons. The Labute approximate surface area is 113 Å². The van der Waals surface area contributed by atoms with E-state index in [-0.39, 0.29) is 35.9 Å². The Bertz CT molecular complexity index is 304. The average Bonchev–Trinajstić information content (AvgIpc) is 2.36. The third-order valence-corrected chi connectivity index (χ3v) is 2.91. The van der Waals surface area contributed by atoms with E-state index in [9.17, 15) is 14.1 Å². The summed E-state index contributed by atoms with van der Waals surface area (Å²) in [6.45, 7) is 5.84. The molecule has 0 aromatic rings. The molecule has 1 N–H and O–H groups in total. The molecule has 0 aromatic carbocycles. The van der Waals surface area contributed by atoms with Crippen molar-refractivity contribution < 1.29 is 18.8 Å². The first-order chi connectivity index (χ1) is 8.99. The maximum Gasteiger partial charge on any atom is 0.257 e. The summed E-state index contributed by atoms with van der Waals surface area (Å²) in [4.78, 5) is 22.9. The quantitative estimate of drug-likeness (QED) is 0.557. The molecule has 0 bridgehead atoms. The van der Waals surface area contributed by atoms with Gasteiger partial charge in [0.2, 0.25) is 0 Å². The first-order valence-electron chi connectivity index (χ1n) is 6.79. The first-order valence-corrected chi connectivity index (χ1v) is 6.79. The second-order valence-electron chi connectivity index (χ2n) is 5.28. The normalized spacial score (nSPS) is 19.5. The number of rotatable bonds is 7.